The van der Waals surface area contributed by atoms with E-state index < -0.39 is 0 Å². The second kappa shape index (κ2) is 4.57. The average Bonchev–Trinajstić information content (AvgIpc) is 2.99. The van der Waals surface area contributed by atoms with Crippen LogP contribution in [0.2, 0.25) is 5.15 Å². The minimum absolute atomic E-state index is 0.194. The summed E-state index contributed by atoms with van der Waals surface area (Å²) in [4.78, 5) is 7.54. The molecule has 2 heterocycles. The first-order valence-corrected chi connectivity index (χ1v) is 7.00. The van der Waals surface area contributed by atoms with E-state index in [1.165, 1.54) is 12.8 Å². The molecule has 0 aromatic carbocycles. The van der Waals surface area contributed by atoms with Crippen LogP contribution in [0.15, 0.2) is 11.6 Å². The molecule has 1 aliphatic carbocycles. The molecule has 4 nitrogen and oxygen atoms in total. The van der Waals surface area contributed by atoms with Crippen LogP contribution in [-0.2, 0) is 6.54 Å². The summed E-state index contributed by atoms with van der Waals surface area (Å²) in [6.45, 7) is 1.67. The zero-order chi connectivity index (χ0) is 11.8. The summed E-state index contributed by atoms with van der Waals surface area (Å²) in [6.07, 6.45) is 4.45. The van der Waals surface area contributed by atoms with Gasteiger partial charge in [-0.05, 0) is 12.8 Å². The fraction of sp³-hybridized carbons (Fsp3) is 0.545. The number of fused-ring (bicyclic) bond motifs is 1. The highest BCUT2D eigenvalue weighted by Gasteiger charge is 2.29. The Labute approximate surface area is 108 Å². The van der Waals surface area contributed by atoms with Crippen LogP contribution in [0.4, 0.5) is 0 Å². The van der Waals surface area contributed by atoms with Crippen molar-refractivity contribution in [1.29, 1.82) is 0 Å². The molecule has 1 fully saturated rings. The highest BCUT2D eigenvalue weighted by molar-refractivity contribution is 7.15. The van der Waals surface area contributed by atoms with Crippen molar-refractivity contribution in [3.63, 3.8) is 0 Å². The van der Waals surface area contributed by atoms with E-state index in [4.69, 9.17) is 16.7 Å². The molecular formula is C11H14ClN3OS. The van der Waals surface area contributed by atoms with Crippen LogP contribution in [-0.4, -0.2) is 38.6 Å². The maximum atomic E-state index is 9.09. The van der Waals surface area contributed by atoms with E-state index in [9.17, 15) is 0 Å². The van der Waals surface area contributed by atoms with Gasteiger partial charge in [-0.2, -0.15) is 0 Å². The van der Waals surface area contributed by atoms with Gasteiger partial charge in [-0.3, -0.25) is 9.30 Å². The van der Waals surface area contributed by atoms with Gasteiger partial charge in [0.25, 0.3) is 0 Å². The highest BCUT2D eigenvalue weighted by Crippen LogP contribution is 2.30. The van der Waals surface area contributed by atoms with Gasteiger partial charge >= 0.3 is 0 Å². The predicted molar refractivity (Wildman–Crippen MR) is 68.6 cm³/mol. The van der Waals surface area contributed by atoms with Crippen molar-refractivity contribution in [2.75, 3.05) is 13.2 Å². The molecule has 0 atom stereocenters. The third kappa shape index (κ3) is 2.20. The number of aliphatic hydroxyl groups excluding tert-OH is 1. The van der Waals surface area contributed by atoms with Crippen molar-refractivity contribution in [1.82, 2.24) is 14.3 Å². The van der Waals surface area contributed by atoms with Crippen LogP contribution in [0.5, 0.6) is 0 Å². The molecule has 1 aliphatic rings. The van der Waals surface area contributed by atoms with Gasteiger partial charge in [-0.1, -0.05) is 11.6 Å². The molecule has 3 rings (SSSR count). The molecule has 2 aromatic heterocycles. The summed E-state index contributed by atoms with van der Waals surface area (Å²) in [7, 11) is 0. The lowest BCUT2D eigenvalue weighted by Gasteiger charge is -2.20. The van der Waals surface area contributed by atoms with Crippen molar-refractivity contribution in [3.05, 3.63) is 22.4 Å². The second-order valence-electron chi connectivity index (χ2n) is 4.33. The molecule has 0 spiro atoms. The largest absolute Gasteiger partial charge is 0.395 e. The van der Waals surface area contributed by atoms with E-state index in [1.807, 2.05) is 16.0 Å². The number of imidazole rings is 1. The van der Waals surface area contributed by atoms with E-state index in [1.54, 1.807) is 11.3 Å². The summed E-state index contributed by atoms with van der Waals surface area (Å²) in [5.41, 5.74) is 1.03. The van der Waals surface area contributed by atoms with Crippen molar-refractivity contribution in [2.24, 2.45) is 0 Å². The lowest BCUT2D eigenvalue weighted by atomic mass is 10.3. The Morgan fingerprint density at radius 2 is 2.41 bits per heavy atom. The quantitative estimate of drug-likeness (QED) is 0.904. The molecule has 1 saturated carbocycles. The fourth-order valence-electron chi connectivity index (χ4n) is 2.10. The van der Waals surface area contributed by atoms with E-state index in [0.717, 1.165) is 17.2 Å². The molecule has 0 amide bonds. The zero-order valence-corrected chi connectivity index (χ0v) is 10.9. The van der Waals surface area contributed by atoms with Gasteiger partial charge in [0.05, 0.1) is 12.3 Å². The Morgan fingerprint density at radius 3 is 3.12 bits per heavy atom. The number of aromatic nitrogens is 2. The van der Waals surface area contributed by atoms with Crippen LogP contribution < -0.4 is 0 Å². The van der Waals surface area contributed by atoms with Gasteiger partial charge in [0.1, 0.15) is 0 Å². The number of hydrogen-bond donors (Lipinski definition) is 1. The number of aliphatic hydroxyl groups is 1. The van der Waals surface area contributed by atoms with Crippen molar-refractivity contribution in [2.45, 2.75) is 25.4 Å². The Morgan fingerprint density at radius 1 is 1.59 bits per heavy atom. The standard InChI is InChI=1S/C11H14ClN3OS/c12-10-9(15-4-6-17-11(15)13-10)7-14(3-5-16)8-1-2-8/h4,6,8,16H,1-3,5,7H2. The normalized spacial score (nSPS) is 16.2. The summed E-state index contributed by atoms with van der Waals surface area (Å²) in [6, 6.07) is 0.613. The van der Waals surface area contributed by atoms with Crippen molar-refractivity contribution in [3.8, 4) is 0 Å². The lowest BCUT2D eigenvalue weighted by molar-refractivity contribution is 0.181. The molecular weight excluding hydrogens is 258 g/mol. The Kier molecular flexibility index (Phi) is 3.08. The van der Waals surface area contributed by atoms with Crippen molar-refractivity contribution < 1.29 is 5.11 Å². The molecule has 2 aromatic rings. The smallest absolute Gasteiger partial charge is 0.195 e. The number of rotatable bonds is 5. The Hall–Kier alpha value is -0.620. The first-order chi connectivity index (χ1) is 8.29. The first kappa shape index (κ1) is 11.5. The molecule has 0 aliphatic heterocycles. The molecule has 0 radical (unpaired) electrons. The molecule has 17 heavy (non-hydrogen) atoms. The molecule has 0 unspecified atom stereocenters. The molecule has 0 bridgehead atoms. The maximum absolute atomic E-state index is 9.09. The molecule has 1 N–H and O–H groups in total. The highest BCUT2D eigenvalue weighted by atomic mass is 35.5. The van der Waals surface area contributed by atoms with Crippen LogP contribution in [0, 0.1) is 0 Å². The molecule has 6 heteroatoms. The van der Waals surface area contributed by atoms with Gasteiger partial charge in [0.15, 0.2) is 10.1 Å². The molecule has 0 saturated heterocycles. The summed E-state index contributed by atoms with van der Waals surface area (Å²) < 4.78 is 2.04. The van der Waals surface area contributed by atoms with Gasteiger partial charge in [-0.25, -0.2) is 4.98 Å². The van der Waals surface area contributed by atoms with E-state index >= 15 is 0 Å². The fourth-order valence-corrected chi connectivity index (χ4v) is 3.11. The molecule has 92 valence electrons. The third-order valence-corrected chi connectivity index (χ3v) is 4.17. The van der Waals surface area contributed by atoms with Gasteiger partial charge in [0.2, 0.25) is 0 Å². The van der Waals surface area contributed by atoms with Gasteiger partial charge < -0.3 is 5.11 Å². The van der Waals surface area contributed by atoms with Crippen LogP contribution in [0.3, 0.4) is 0 Å². The predicted octanol–water partition coefficient (Wildman–Crippen LogP) is 2.01. The van der Waals surface area contributed by atoms with Gasteiger partial charge in [-0.15, -0.1) is 11.3 Å². The number of hydrogen-bond acceptors (Lipinski definition) is 4. The lowest BCUT2D eigenvalue weighted by Crippen LogP contribution is -2.29. The van der Waals surface area contributed by atoms with Crippen molar-refractivity contribution >= 4 is 27.9 Å². The third-order valence-electron chi connectivity index (χ3n) is 3.12. The average molecular weight is 272 g/mol. The summed E-state index contributed by atoms with van der Waals surface area (Å²) in [5, 5.41) is 11.7. The zero-order valence-electron chi connectivity index (χ0n) is 9.34. The Balaban J connectivity index is 1.86. The minimum atomic E-state index is 0.194. The van der Waals surface area contributed by atoms with E-state index in [-0.39, 0.29) is 6.61 Å². The van der Waals surface area contributed by atoms with Crippen LogP contribution >= 0.6 is 22.9 Å². The maximum Gasteiger partial charge on any atom is 0.195 e. The minimum Gasteiger partial charge on any atom is -0.395 e. The first-order valence-electron chi connectivity index (χ1n) is 5.74. The topological polar surface area (TPSA) is 40.8 Å². The van der Waals surface area contributed by atoms with E-state index in [0.29, 0.717) is 17.7 Å². The monoisotopic (exact) mass is 271 g/mol. The SMILES string of the molecule is OCCN(Cc1c(Cl)nc2sccn12)C1CC1. The van der Waals surface area contributed by atoms with Crippen LogP contribution in [0.25, 0.3) is 4.96 Å². The summed E-state index contributed by atoms with van der Waals surface area (Å²) >= 11 is 7.75. The summed E-state index contributed by atoms with van der Waals surface area (Å²) in [5.74, 6) is 0. The van der Waals surface area contributed by atoms with E-state index in [2.05, 4.69) is 9.88 Å². The second-order valence-corrected chi connectivity index (χ2v) is 5.56. The Bertz CT molecular complexity index is 520. The van der Waals surface area contributed by atoms with Crippen LogP contribution in [0.1, 0.15) is 18.5 Å². The van der Waals surface area contributed by atoms with Gasteiger partial charge in [0, 0.05) is 30.7 Å². The number of halogens is 1. The number of nitrogens with zero attached hydrogens (tertiary/aromatic N) is 3. The number of thiazole rings is 1.